The fraction of sp³-hybridized carbons (Fsp3) is 0.945. The Balaban J connectivity index is 5.28. The van der Waals surface area contributed by atoms with Crippen molar-refractivity contribution in [3.63, 3.8) is 0 Å². The van der Waals surface area contributed by atoms with Gasteiger partial charge in [0.15, 0.2) is 12.2 Å². The summed E-state index contributed by atoms with van der Waals surface area (Å²) in [6.07, 6.45) is 45.6. The fourth-order valence-electron chi connectivity index (χ4n) is 11.0. The predicted octanol–water partition coefficient (Wildman–Crippen LogP) is 20.9. The number of phosphoric ester groups is 2. The number of rotatable bonds is 70. The lowest BCUT2D eigenvalue weighted by Crippen LogP contribution is -2.30. The molecule has 0 aromatic carbocycles. The normalized spacial score (nSPS) is 14.8. The van der Waals surface area contributed by atoms with Crippen LogP contribution in [-0.2, 0) is 65.4 Å². The van der Waals surface area contributed by atoms with Crippen molar-refractivity contribution in [2.45, 2.75) is 382 Å². The molecular formula is C73H142O17P2. The number of ether oxygens (including phenoxy) is 4. The molecule has 0 fully saturated rings. The van der Waals surface area contributed by atoms with Gasteiger partial charge in [0.1, 0.15) is 19.3 Å². The number of hydrogen-bond acceptors (Lipinski definition) is 15. The summed E-state index contributed by atoms with van der Waals surface area (Å²) in [7, 11) is -9.91. The van der Waals surface area contributed by atoms with Gasteiger partial charge in [-0.15, -0.1) is 0 Å². The first-order valence-electron chi connectivity index (χ1n) is 37.8. The molecule has 0 aliphatic carbocycles. The summed E-state index contributed by atoms with van der Waals surface area (Å²) in [5, 5.41) is 10.6. The van der Waals surface area contributed by atoms with Crippen molar-refractivity contribution in [2.24, 2.45) is 23.7 Å². The maximum Gasteiger partial charge on any atom is 0.472 e. The van der Waals surface area contributed by atoms with E-state index in [1.54, 1.807) is 0 Å². The number of esters is 4. The van der Waals surface area contributed by atoms with Gasteiger partial charge in [0.2, 0.25) is 0 Å². The van der Waals surface area contributed by atoms with Crippen LogP contribution in [0.25, 0.3) is 0 Å². The molecule has 0 heterocycles. The molecule has 0 radical (unpaired) electrons. The molecule has 0 aromatic heterocycles. The first-order valence-corrected chi connectivity index (χ1v) is 40.8. The van der Waals surface area contributed by atoms with E-state index in [4.69, 9.17) is 37.0 Å². The lowest BCUT2D eigenvalue weighted by atomic mass is 9.99. The van der Waals surface area contributed by atoms with Crippen LogP contribution in [0, 0.1) is 23.7 Å². The van der Waals surface area contributed by atoms with Gasteiger partial charge in [-0.25, -0.2) is 9.13 Å². The second kappa shape index (κ2) is 62.6. The molecule has 0 aromatic rings. The average Bonchev–Trinajstić information content (AvgIpc) is 1.48. The summed E-state index contributed by atoms with van der Waals surface area (Å²) in [4.78, 5) is 72.7. The van der Waals surface area contributed by atoms with E-state index >= 15 is 0 Å². The molecule has 3 N–H and O–H groups in total. The van der Waals surface area contributed by atoms with E-state index in [9.17, 15) is 43.2 Å². The van der Waals surface area contributed by atoms with Crippen LogP contribution in [0.3, 0.4) is 0 Å². The molecule has 0 saturated carbocycles. The number of aliphatic hydroxyl groups is 1. The van der Waals surface area contributed by atoms with E-state index in [2.05, 4.69) is 55.4 Å². The first kappa shape index (κ1) is 90.1. The van der Waals surface area contributed by atoms with Crippen LogP contribution in [0.5, 0.6) is 0 Å². The third kappa shape index (κ3) is 64.1. The van der Waals surface area contributed by atoms with Gasteiger partial charge in [-0.2, -0.15) is 0 Å². The van der Waals surface area contributed by atoms with Crippen molar-refractivity contribution in [2.75, 3.05) is 39.6 Å². The van der Waals surface area contributed by atoms with Gasteiger partial charge >= 0.3 is 39.5 Å². The summed E-state index contributed by atoms with van der Waals surface area (Å²) in [5.41, 5.74) is 0. The number of unbranched alkanes of at least 4 members (excludes halogenated alkanes) is 34. The lowest BCUT2D eigenvalue weighted by Gasteiger charge is -2.21. The third-order valence-corrected chi connectivity index (χ3v) is 19.4. The van der Waals surface area contributed by atoms with Crippen molar-refractivity contribution < 1.29 is 80.2 Å². The van der Waals surface area contributed by atoms with Crippen LogP contribution in [0.15, 0.2) is 0 Å². The minimum atomic E-state index is -4.96. The molecule has 4 unspecified atom stereocenters. The van der Waals surface area contributed by atoms with Crippen molar-refractivity contribution in [1.82, 2.24) is 0 Å². The summed E-state index contributed by atoms with van der Waals surface area (Å²) in [6, 6.07) is 0. The molecule has 19 heteroatoms. The van der Waals surface area contributed by atoms with E-state index in [1.165, 1.54) is 167 Å². The second-order valence-electron chi connectivity index (χ2n) is 27.8. The van der Waals surface area contributed by atoms with Crippen LogP contribution in [-0.4, -0.2) is 96.7 Å². The molecule has 0 aliphatic heterocycles. The summed E-state index contributed by atoms with van der Waals surface area (Å²) in [6.45, 7) is 14.2. The van der Waals surface area contributed by atoms with Crippen molar-refractivity contribution in [3.8, 4) is 0 Å². The monoisotopic (exact) mass is 1350 g/mol. The zero-order valence-corrected chi connectivity index (χ0v) is 62.0. The molecule has 0 amide bonds. The number of phosphoric acid groups is 2. The lowest BCUT2D eigenvalue weighted by molar-refractivity contribution is -0.161. The zero-order valence-electron chi connectivity index (χ0n) is 60.2. The highest BCUT2D eigenvalue weighted by atomic mass is 31.2. The van der Waals surface area contributed by atoms with Gasteiger partial charge in [0, 0.05) is 25.7 Å². The first-order chi connectivity index (χ1) is 44.2. The Hall–Kier alpha value is -1.94. The second-order valence-corrected chi connectivity index (χ2v) is 30.7. The van der Waals surface area contributed by atoms with Crippen LogP contribution in [0.1, 0.15) is 364 Å². The Kier molecular flexibility index (Phi) is 61.3. The van der Waals surface area contributed by atoms with Crippen LogP contribution < -0.4 is 0 Å². The summed E-state index contributed by atoms with van der Waals surface area (Å²) in [5.74, 6) is 0.964. The van der Waals surface area contributed by atoms with E-state index in [-0.39, 0.29) is 25.7 Å². The molecule has 0 bridgehead atoms. The smallest absolute Gasteiger partial charge is 0.462 e. The quantitative estimate of drug-likeness (QED) is 0.0222. The maximum absolute atomic E-state index is 13.1. The molecule has 0 rings (SSSR count). The zero-order chi connectivity index (χ0) is 68.2. The Morgan fingerprint density at radius 2 is 0.522 bits per heavy atom. The van der Waals surface area contributed by atoms with Gasteiger partial charge in [0.05, 0.1) is 26.4 Å². The SMILES string of the molecule is CCC(C)CCCCCCCCCCCCC(=O)OC[C@H](COP(=O)(O)OC[C@@H](O)COP(=O)(O)OC[C@@H](COC(=O)CCCCCCCCCCC(C)CC)OC(=O)CCCCCCCCCCCC(C)C)OC(=O)CCCCCCCCCCCCCC(C)C. The molecule has 0 aliphatic rings. The molecule has 0 spiro atoms. The minimum Gasteiger partial charge on any atom is -0.462 e. The van der Waals surface area contributed by atoms with E-state index in [1.807, 2.05) is 0 Å². The number of carbonyl (C=O) groups excluding carboxylic acids is 4. The number of aliphatic hydroxyl groups excluding tert-OH is 1. The van der Waals surface area contributed by atoms with Gasteiger partial charge in [0.25, 0.3) is 0 Å². The largest absolute Gasteiger partial charge is 0.472 e. The predicted molar refractivity (Wildman–Crippen MR) is 372 cm³/mol. The molecule has 0 saturated heterocycles. The number of hydrogen-bond donors (Lipinski definition) is 3. The fourth-order valence-corrected chi connectivity index (χ4v) is 12.5. The Morgan fingerprint density at radius 1 is 0.304 bits per heavy atom. The Morgan fingerprint density at radius 3 is 0.772 bits per heavy atom. The molecule has 546 valence electrons. The molecule has 7 atom stereocenters. The highest BCUT2D eigenvalue weighted by Crippen LogP contribution is 2.45. The minimum absolute atomic E-state index is 0.104. The van der Waals surface area contributed by atoms with Crippen LogP contribution in [0.4, 0.5) is 0 Å². The van der Waals surface area contributed by atoms with E-state index < -0.39 is 97.5 Å². The molecule has 92 heavy (non-hydrogen) atoms. The van der Waals surface area contributed by atoms with E-state index in [0.717, 1.165) is 114 Å². The molecule has 17 nitrogen and oxygen atoms in total. The Labute approximate surface area is 562 Å². The maximum atomic E-state index is 13.1. The van der Waals surface area contributed by atoms with Crippen molar-refractivity contribution >= 4 is 39.5 Å². The number of carbonyl (C=O) groups is 4. The van der Waals surface area contributed by atoms with Crippen molar-refractivity contribution in [3.05, 3.63) is 0 Å². The van der Waals surface area contributed by atoms with Gasteiger partial charge < -0.3 is 33.8 Å². The highest BCUT2D eigenvalue weighted by Gasteiger charge is 2.30. The van der Waals surface area contributed by atoms with Crippen LogP contribution in [0.2, 0.25) is 0 Å². The average molecular weight is 1350 g/mol. The van der Waals surface area contributed by atoms with Gasteiger partial charge in [-0.3, -0.25) is 37.3 Å². The molecular weight excluding hydrogens is 1210 g/mol. The summed E-state index contributed by atoms with van der Waals surface area (Å²) >= 11 is 0. The Bertz CT molecular complexity index is 1820. The highest BCUT2D eigenvalue weighted by molar-refractivity contribution is 7.47. The standard InChI is InChI=1S/C73H142O17P2/c1-9-65(7)51-43-35-27-19-14-15-20-29-37-45-53-70(75)83-59-68(89-72(77)55-47-39-31-21-13-11-12-17-25-33-41-49-63(3)4)61-87-91(79,80)85-57-67(74)58-86-92(81,82)88-62-69(90-73(78)56-48-40-32-22-16-18-26-34-42-50-64(5)6)60-84-71(76)54-46-38-30-24-23-28-36-44-52-66(8)10-2/h63-69,74H,9-62H2,1-8H3,(H,79,80)(H,81,82)/t65?,66?,67-,68-,69-/m1/s1. The summed E-state index contributed by atoms with van der Waals surface area (Å²) < 4.78 is 68.4. The van der Waals surface area contributed by atoms with Gasteiger partial charge in [-0.1, -0.05) is 312 Å². The van der Waals surface area contributed by atoms with E-state index in [0.29, 0.717) is 25.7 Å². The third-order valence-electron chi connectivity index (χ3n) is 17.5. The van der Waals surface area contributed by atoms with Gasteiger partial charge in [-0.05, 0) is 49.4 Å². The topological polar surface area (TPSA) is 237 Å². The van der Waals surface area contributed by atoms with Crippen molar-refractivity contribution in [1.29, 1.82) is 0 Å². The van der Waals surface area contributed by atoms with Crippen LogP contribution >= 0.6 is 15.6 Å².